The van der Waals surface area contributed by atoms with Gasteiger partial charge < -0.3 is 5.11 Å². The van der Waals surface area contributed by atoms with Gasteiger partial charge in [0.25, 0.3) is 0 Å². The molecule has 0 aromatic heterocycles. The quantitative estimate of drug-likeness (QED) is 0.696. The van der Waals surface area contributed by atoms with Crippen molar-refractivity contribution in [3.8, 4) is 0 Å². The molecule has 0 spiro atoms. The molecule has 1 unspecified atom stereocenters. The van der Waals surface area contributed by atoms with Crippen LogP contribution >= 0.6 is 0 Å². The van der Waals surface area contributed by atoms with Crippen LogP contribution in [0.15, 0.2) is 12.2 Å². The van der Waals surface area contributed by atoms with Gasteiger partial charge in [0.2, 0.25) is 0 Å². The monoisotopic (exact) mass is 302 g/mol. The van der Waals surface area contributed by atoms with E-state index < -0.39 is 0 Å². The molecule has 0 aromatic rings. The Labute approximate surface area is 136 Å². The van der Waals surface area contributed by atoms with Crippen LogP contribution in [0.25, 0.3) is 0 Å². The Hall–Kier alpha value is -0.300. The first-order valence-corrected chi connectivity index (χ1v) is 9.88. The lowest BCUT2D eigenvalue weighted by Gasteiger charge is -2.59. The predicted molar refractivity (Wildman–Crippen MR) is 91.4 cm³/mol. The summed E-state index contributed by atoms with van der Waals surface area (Å²) in [6.45, 7) is 5.56. The summed E-state index contributed by atoms with van der Waals surface area (Å²) >= 11 is 0. The fourth-order valence-corrected chi connectivity index (χ4v) is 7.56. The predicted octanol–water partition coefficient (Wildman–Crippen LogP) is 5.19. The molecule has 3 fully saturated rings. The third-order valence-electron chi connectivity index (χ3n) is 8.80. The van der Waals surface area contributed by atoms with Gasteiger partial charge in [-0.2, -0.15) is 0 Å². The van der Waals surface area contributed by atoms with Gasteiger partial charge in [0, 0.05) is 6.61 Å². The molecule has 124 valence electrons. The van der Waals surface area contributed by atoms with Crippen molar-refractivity contribution in [1.29, 1.82) is 0 Å². The minimum Gasteiger partial charge on any atom is -0.396 e. The van der Waals surface area contributed by atoms with Gasteiger partial charge in [-0.05, 0) is 98.2 Å². The average Bonchev–Trinajstić information content (AvgIpc) is 2.84. The molecular formula is C21H34O. The molecule has 0 heterocycles. The molecule has 1 heteroatoms. The molecule has 4 aliphatic carbocycles. The number of allylic oxidation sites excluding steroid dienone is 2. The van der Waals surface area contributed by atoms with Crippen molar-refractivity contribution >= 4 is 0 Å². The molecule has 4 aliphatic rings. The smallest absolute Gasteiger partial charge is 0.0433 e. The van der Waals surface area contributed by atoms with Gasteiger partial charge in [0.05, 0.1) is 0 Å². The molecule has 1 N–H and O–H groups in total. The number of aliphatic hydroxyl groups is 1. The number of hydrogen-bond donors (Lipinski definition) is 1. The number of aliphatic hydroxyl groups excluding tert-OH is 1. The summed E-state index contributed by atoms with van der Waals surface area (Å²) in [6, 6.07) is 0. The number of hydrogen-bond acceptors (Lipinski definition) is 1. The van der Waals surface area contributed by atoms with Crippen molar-refractivity contribution in [2.45, 2.75) is 71.6 Å². The van der Waals surface area contributed by atoms with Gasteiger partial charge in [0.15, 0.2) is 0 Å². The van der Waals surface area contributed by atoms with Gasteiger partial charge in [-0.15, -0.1) is 0 Å². The molecule has 3 saturated carbocycles. The molecule has 22 heavy (non-hydrogen) atoms. The van der Waals surface area contributed by atoms with Crippen LogP contribution in [0.4, 0.5) is 0 Å². The minimum absolute atomic E-state index is 0.392. The van der Waals surface area contributed by atoms with Crippen LogP contribution in [-0.4, -0.2) is 11.7 Å². The summed E-state index contributed by atoms with van der Waals surface area (Å²) in [5.41, 5.74) is 1.03. The standard InChI is InChI=1S/C21H34O/c1-20-12-4-3-5-15(20)6-8-17-18-9-7-16(11-14-22)21(18,2)13-10-19(17)20/h4,12,15-19,22H,3,5-11,13-14H2,1-2H3/t15?,16-,17+,18+,19+,20+,21-/m1/s1. The first kappa shape index (κ1) is 15.2. The van der Waals surface area contributed by atoms with Crippen LogP contribution in [0.2, 0.25) is 0 Å². The summed E-state index contributed by atoms with van der Waals surface area (Å²) < 4.78 is 0. The van der Waals surface area contributed by atoms with Crippen LogP contribution in [-0.2, 0) is 0 Å². The largest absolute Gasteiger partial charge is 0.396 e. The van der Waals surface area contributed by atoms with Gasteiger partial charge in [-0.25, -0.2) is 0 Å². The molecule has 0 amide bonds. The van der Waals surface area contributed by atoms with Gasteiger partial charge in [-0.3, -0.25) is 0 Å². The Morgan fingerprint density at radius 1 is 1.00 bits per heavy atom. The Morgan fingerprint density at radius 3 is 2.68 bits per heavy atom. The number of rotatable bonds is 2. The molecule has 0 saturated heterocycles. The fraction of sp³-hybridized carbons (Fsp3) is 0.905. The van der Waals surface area contributed by atoms with E-state index in [0.29, 0.717) is 17.4 Å². The first-order chi connectivity index (χ1) is 10.6. The molecule has 4 rings (SSSR count). The first-order valence-electron chi connectivity index (χ1n) is 9.88. The van der Waals surface area contributed by atoms with Crippen molar-refractivity contribution < 1.29 is 5.11 Å². The Morgan fingerprint density at radius 2 is 1.86 bits per heavy atom. The molecule has 7 atom stereocenters. The van der Waals surface area contributed by atoms with Gasteiger partial charge in [-0.1, -0.05) is 26.0 Å². The zero-order valence-corrected chi connectivity index (χ0v) is 14.6. The molecule has 1 nitrogen and oxygen atoms in total. The van der Waals surface area contributed by atoms with Gasteiger partial charge >= 0.3 is 0 Å². The molecule has 0 aliphatic heterocycles. The molecule has 0 bridgehead atoms. The van der Waals surface area contributed by atoms with Crippen LogP contribution in [0.3, 0.4) is 0 Å². The SMILES string of the molecule is C[C@]12CC[C@H]3[C@@H](CCC4CCC=C[C@@]43C)[C@@H]1CC[C@@H]2CCO. The highest BCUT2D eigenvalue weighted by Gasteiger charge is 2.58. The highest BCUT2D eigenvalue weighted by molar-refractivity contribution is 5.15. The van der Waals surface area contributed by atoms with E-state index >= 15 is 0 Å². The second-order valence-corrected chi connectivity index (χ2v) is 9.33. The fourth-order valence-electron chi connectivity index (χ4n) is 7.56. The van der Waals surface area contributed by atoms with E-state index in [1.54, 1.807) is 0 Å². The summed E-state index contributed by atoms with van der Waals surface area (Å²) in [5.74, 6) is 4.59. The third kappa shape index (κ3) is 2.00. The summed E-state index contributed by atoms with van der Waals surface area (Å²) in [7, 11) is 0. The highest BCUT2D eigenvalue weighted by Crippen LogP contribution is 2.66. The lowest BCUT2D eigenvalue weighted by atomic mass is 9.46. The molecule has 0 aromatic carbocycles. The van der Waals surface area contributed by atoms with E-state index in [2.05, 4.69) is 26.0 Å². The highest BCUT2D eigenvalue weighted by atomic mass is 16.3. The summed E-state index contributed by atoms with van der Waals surface area (Å²) in [4.78, 5) is 0. The number of fused-ring (bicyclic) bond motifs is 5. The van der Waals surface area contributed by atoms with Gasteiger partial charge in [0.1, 0.15) is 0 Å². The lowest BCUT2D eigenvalue weighted by molar-refractivity contribution is -0.0806. The summed E-state index contributed by atoms with van der Waals surface area (Å²) in [6.07, 6.45) is 17.5. The molecular weight excluding hydrogens is 268 g/mol. The van der Waals surface area contributed by atoms with E-state index in [4.69, 9.17) is 0 Å². The van der Waals surface area contributed by atoms with E-state index in [9.17, 15) is 5.11 Å². The van der Waals surface area contributed by atoms with Crippen molar-refractivity contribution in [2.24, 2.45) is 40.4 Å². The van der Waals surface area contributed by atoms with Crippen LogP contribution < -0.4 is 0 Å². The van der Waals surface area contributed by atoms with Crippen LogP contribution in [0.1, 0.15) is 71.6 Å². The minimum atomic E-state index is 0.392. The second-order valence-electron chi connectivity index (χ2n) is 9.33. The Bertz CT molecular complexity index is 455. The van der Waals surface area contributed by atoms with Crippen molar-refractivity contribution in [1.82, 2.24) is 0 Å². The normalized spacial score (nSPS) is 53.7. The Kier molecular flexibility index (Phi) is 3.72. The zero-order chi connectivity index (χ0) is 15.4. The third-order valence-corrected chi connectivity index (χ3v) is 8.80. The van der Waals surface area contributed by atoms with E-state index in [1.807, 2.05) is 0 Å². The van der Waals surface area contributed by atoms with E-state index in [0.717, 1.165) is 36.0 Å². The topological polar surface area (TPSA) is 20.2 Å². The maximum atomic E-state index is 9.45. The van der Waals surface area contributed by atoms with Crippen molar-refractivity contribution in [3.63, 3.8) is 0 Å². The lowest BCUT2D eigenvalue weighted by Crippen LogP contribution is -2.51. The zero-order valence-electron chi connectivity index (χ0n) is 14.6. The average molecular weight is 303 g/mol. The van der Waals surface area contributed by atoms with E-state index in [-0.39, 0.29) is 0 Å². The Balaban J connectivity index is 1.62. The maximum absolute atomic E-state index is 9.45. The summed E-state index contributed by atoms with van der Waals surface area (Å²) in [5, 5.41) is 9.45. The van der Waals surface area contributed by atoms with Crippen LogP contribution in [0, 0.1) is 40.4 Å². The molecule has 0 radical (unpaired) electrons. The van der Waals surface area contributed by atoms with Crippen LogP contribution in [0.5, 0.6) is 0 Å². The van der Waals surface area contributed by atoms with E-state index in [1.165, 1.54) is 51.4 Å². The second kappa shape index (κ2) is 5.36. The maximum Gasteiger partial charge on any atom is 0.0433 e. The van der Waals surface area contributed by atoms with Crippen molar-refractivity contribution in [3.05, 3.63) is 12.2 Å². The van der Waals surface area contributed by atoms with Crippen molar-refractivity contribution in [2.75, 3.05) is 6.61 Å².